The highest BCUT2D eigenvalue weighted by Gasteiger charge is 2.30. The molecule has 1 aliphatic carbocycles. The zero-order valence-electron chi connectivity index (χ0n) is 15.9. The third-order valence-corrected chi connectivity index (χ3v) is 5.02. The predicted molar refractivity (Wildman–Crippen MR) is 103 cm³/mol. The second kappa shape index (κ2) is 10.2. The molecule has 0 aromatic heterocycles. The van der Waals surface area contributed by atoms with E-state index in [1.54, 1.807) is 24.1 Å². The molecule has 1 fully saturated rings. The molecular weight excluding hydrogens is 330 g/mol. The molecule has 2 rings (SSSR count). The third kappa shape index (κ3) is 5.73. The molecular formula is C20H31N3O3. The van der Waals surface area contributed by atoms with E-state index in [0.29, 0.717) is 18.0 Å². The van der Waals surface area contributed by atoms with Crippen LogP contribution in [0.3, 0.4) is 0 Å². The number of methoxy groups -OCH3 is 1. The first kappa shape index (κ1) is 20.2. The van der Waals surface area contributed by atoms with Crippen molar-refractivity contribution < 1.29 is 14.3 Å². The van der Waals surface area contributed by atoms with Gasteiger partial charge in [-0.3, -0.25) is 9.59 Å². The van der Waals surface area contributed by atoms with Gasteiger partial charge in [-0.1, -0.05) is 31.7 Å². The van der Waals surface area contributed by atoms with Crippen molar-refractivity contribution in [2.45, 2.75) is 51.5 Å². The number of amides is 2. The van der Waals surface area contributed by atoms with Crippen LogP contribution in [0.2, 0.25) is 0 Å². The molecule has 0 heterocycles. The summed E-state index contributed by atoms with van der Waals surface area (Å²) in [6.07, 6.45) is 6.14. The molecule has 0 bridgehead atoms. The van der Waals surface area contributed by atoms with Crippen LogP contribution < -0.4 is 15.8 Å². The van der Waals surface area contributed by atoms with Crippen molar-refractivity contribution in [3.05, 3.63) is 24.3 Å². The average molecular weight is 361 g/mol. The largest absolute Gasteiger partial charge is 0.497 e. The van der Waals surface area contributed by atoms with Gasteiger partial charge in [0.05, 0.1) is 19.6 Å². The Balaban J connectivity index is 1.97. The predicted octanol–water partition coefficient (Wildman–Crippen LogP) is 2.78. The number of carbonyl (C=O) groups is 2. The second-order valence-electron chi connectivity index (χ2n) is 6.89. The second-order valence-corrected chi connectivity index (χ2v) is 6.89. The summed E-state index contributed by atoms with van der Waals surface area (Å²) >= 11 is 0. The Hall–Kier alpha value is -2.08. The van der Waals surface area contributed by atoms with Crippen molar-refractivity contribution in [2.75, 3.05) is 25.5 Å². The number of nitrogens with two attached hydrogens (primary N) is 1. The number of carbonyl (C=O) groups excluding carboxylic acids is 2. The molecule has 26 heavy (non-hydrogen) atoms. The minimum atomic E-state index is -0.215. The van der Waals surface area contributed by atoms with Crippen LogP contribution in [-0.2, 0) is 9.59 Å². The summed E-state index contributed by atoms with van der Waals surface area (Å²) < 4.78 is 5.16. The van der Waals surface area contributed by atoms with Gasteiger partial charge in [0.25, 0.3) is 0 Å². The maximum atomic E-state index is 12.9. The molecule has 6 heteroatoms. The van der Waals surface area contributed by atoms with E-state index in [2.05, 4.69) is 5.32 Å². The van der Waals surface area contributed by atoms with E-state index in [9.17, 15) is 9.59 Å². The number of nitrogens with zero attached hydrogens (tertiary/aromatic N) is 1. The van der Waals surface area contributed by atoms with Gasteiger partial charge < -0.3 is 20.7 Å². The fraction of sp³-hybridized carbons (Fsp3) is 0.600. The highest BCUT2D eigenvalue weighted by molar-refractivity contribution is 5.95. The van der Waals surface area contributed by atoms with Crippen molar-refractivity contribution in [1.29, 1.82) is 0 Å². The molecule has 1 aromatic rings. The molecule has 0 spiro atoms. The Morgan fingerprint density at radius 1 is 1.23 bits per heavy atom. The van der Waals surface area contributed by atoms with E-state index in [1.165, 1.54) is 6.42 Å². The molecule has 0 radical (unpaired) electrons. The first-order valence-corrected chi connectivity index (χ1v) is 9.53. The van der Waals surface area contributed by atoms with Gasteiger partial charge in [0, 0.05) is 24.3 Å². The Morgan fingerprint density at radius 2 is 1.96 bits per heavy atom. The average Bonchev–Trinajstić information content (AvgIpc) is 2.62. The molecule has 2 atom stereocenters. The van der Waals surface area contributed by atoms with E-state index in [1.807, 2.05) is 19.1 Å². The van der Waals surface area contributed by atoms with Crippen LogP contribution in [0.4, 0.5) is 5.69 Å². The fourth-order valence-corrected chi connectivity index (χ4v) is 3.47. The van der Waals surface area contributed by atoms with Crippen LogP contribution in [0.25, 0.3) is 0 Å². The van der Waals surface area contributed by atoms with Gasteiger partial charge in [-0.05, 0) is 31.9 Å². The molecule has 1 saturated carbocycles. The number of nitrogens with one attached hydrogen (secondary N) is 1. The summed E-state index contributed by atoms with van der Waals surface area (Å²) in [5.74, 6) is 0.280. The Labute approximate surface area is 156 Å². The highest BCUT2D eigenvalue weighted by atomic mass is 16.5. The fourth-order valence-electron chi connectivity index (χ4n) is 3.47. The topological polar surface area (TPSA) is 84.7 Å². The summed E-state index contributed by atoms with van der Waals surface area (Å²) in [7, 11) is 1.58. The Kier molecular flexibility index (Phi) is 7.91. The van der Waals surface area contributed by atoms with Gasteiger partial charge in [0.2, 0.25) is 11.8 Å². The van der Waals surface area contributed by atoms with Crippen molar-refractivity contribution >= 4 is 17.5 Å². The van der Waals surface area contributed by atoms with Crippen LogP contribution in [-0.4, -0.2) is 43.0 Å². The van der Waals surface area contributed by atoms with E-state index in [-0.39, 0.29) is 30.3 Å². The van der Waals surface area contributed by atoms with Gasteiger partial charge in [-0.15, -0.1) is 0 Å². The molecule has 3 N–H and O–H groups in total. The van der Waals surface area contributed by atoms with Gasteiger partial charge >= 0.3 is 0 Å². The Morgan fingerprint density at radius 3 is 2.65 bits per heavy atom. The molecule has 0 saturated heterocycles. The normalized spacial score (nSPS) is 20.6. The standard InChI is InChI=1S/C20H31N3O3/c1-3-23(20(25)17-11-6-4-5-7-12-18(17)21)14-19(24)22-15-9-8-10-16(13-15)26-2/h8-10,13,17-18H,3-7,11-12,14,21H2,1-2H3,(H,22,24). The molecule has 144 valence electrons. The SMILES string of the molecule is CCN(CC(=O)Nc1cccc(OC)c1)C(=O)C1CCCCCCC1N. The number of benzene rings is 1. The lowest BCUT2D eigenvalue weighted by atomic mass is 9.86. The monoisotopic (exact) mass is 361 g/mol. The summed E-state index contributed by atoms with van der Waals surface area (Å²) in [6.45, 7) is 2.43. The smallest absolute Gasteiger partial charge is 0.243 e. The summed E-state index contributed by atoms with van der Waals surface area (Å²) in [5.41, 5.74) is 6.92. The number of ether oxygens (including phenoxy) is 1. The lowest BCUT2D eigenvalue weighted by Crippen LogP contribution is -2.47. The van der Waals surface area contributed by atoms with Crippen molar-refractivity contribution in [2.24, 2.45) is 11.7 Å². The van der Waals surface area contributed by atoms with E-state index < -0.39 is 0 Å². The molecule has 6 nitrogen and oxygen atoms in total. The number of hydrogen-bond donors (Lipinski definition) is 2. The van der Waals surface area contributed by atoms with E-state index in [4.69, 9.17) is 10.5 Å². The van der Waals surface area contributed by atoms with Gasteiger partial charge in [-0.25, -0.2) is 0 Å². The lowest BCUT2D eigenvalue weighted by Gasteiger charge is -2.30. The third-order valence-electron chi connectivity index (χ3n) is 5.02. The van der Waals surface area contributed by atoms with Gasteiger partial charge in [0.1, 0.15) is 5.75 Å². The van der Waals surface area contributed by atoms with Crippen molar-refractivity contribution in [1.82, 2.24) is 4.90 Å². The first-order chi connectivity index (χ1) is 12.5. The number of likely N-dealkylation sites (N-methyl/N-ethyl adjacent to an activating group) is 1. The van der Waals surface area contributed by atoms with E-state index in [0.717, 1.165) is 32.1 Å². The van der Waals surface area contributed by atoms with Crippen LogP contribution in [0, 0.1) is 5.92 Å². The minimum absolute atomic E-state index is 0.00249. The zero-order valence-corrected chi connectivity index (χ0v) is 15.9. The maximum Gasteiger partial charge on any atom is 0.243 e. The maximum absolute atomic E-state index is 12.9. The first-order valence-electron chi connectivity index (χ1n) is 9.53. The van der Waals surface area contributed by atoms with Crippen LogP contribution >= 0.6 is 0 Å². The summed E-state index contributed by atoms with van der Waals surface area (Å²) in [5, 5.41) is 2.83. The number of rotatable bonds is 6. The zero-order chi connectivity index (χ0) is 18.9. The lowest BCUT2D eigenvalue weighted by molar-refractivity contribution is -0.139. The quantitative estimate of drug-likeness (QED) is 0.816. The van der Waals surface area contributed by atoms with Crippen LogP contribution in [0.1, 0.15) is 45.4 Å². The van der Waals surface area contributed by atoms with E-state index >= 15 is 0 Å². The molecule has 2 amide bonds. The Bertz CT molecular complexity index is 606. The van der Waals surface area contributed by atoms with Gasteiger partial charge in [0.15, 0.2) is 0 Å². The highest BCUT2D eigenvalue weighted by Crippen LogP contribution is 2.23. The molecule has 2 unspecified atom stereocenters. The number of hydrogen-bond acceptors (Lipinski definition) is 4. The van der Waals surface area contributed by atoms with Gasteiger partial charge in [-0.2, -0.15) is 0 Å². The van der Waals surface area contributed by atoms with Crippen LogP contribution in [0.15, 0.2) is 24.3 Å². The van der Waals surface area contributed by atoms with Crippen LogP contribution in [0.5, 0.6) is 5.75 Å². The number of anilines is 1. The molecule has 0 aliphatic heterocycles. The van der Waals surface area contributed by atoms with Crippen molar-refractivity contribution in [3.8, 4) is 5.75 Å². The summed E-state index contributed by atoms with van der Waals surface area (Å²) in [4.78, 5) is 26.9. The molecule has 1 aromatic carbocycles. The minimum Gasteiger partial charge on any atom is -0.497 e. The molecule has 1 aliphatic rings. The summed E-state index contributed by atoms with van der Waals surface area (Å²) in [6, 6.07) is 7.06. The van der Waals surface area contributed by atoms with Crippen molar-refractivity contribution in [3.63, 3.8) is 0 Å².